The van der Waals surface area contributed by atoms with Crippen molar-refractivity contribution in [3.05, 3.63) is 65.2 Å². The monoisotopic (exact) mass is 392 g/mol. The van der Waals surface area contributed by atoms with Gasteiger partial charge in [-0.15, -0.1) is 0 Å². The number of urea groups is 1. The first-order valence-electron chi connectivity index (χ1n) is 10.4. The van der Waals surface area contributed by atoms with Crippen LogP contribution in [0.2, 0.25) is 0 Å². The van der Waals surface area contributed by atoms with Gasteiger partial charge in [0.25, 0.3) is 0 Å². The molecule has 0 aromatic heterocycles. The van der Waals surface area contributed by atoms with E-state index in [0.29, 0.717) is 32.6 Å². The Balaban J connectivity index is 1.24. The second-order valence-electron chi connectivity index (χ2n) is 7.83. The third kappa shape index (κ3) is 5.15. The van der Waals surface area contributed by atoms with Gasteiger partial charge in [-0.3, -0.25) is 4.79 Å². The number of aryl methyl sites for hydroxylation is 2. The molecule has 6 nitrogen and oxygen atoms in total. The van der Waals surface area contributed by atoms with Gasteiger partial charge in [-0.2, -0.15) is 0 Å². The third-order valence-electron chi connectivity index (χ3n) is 5.65. The van der Waals surface area contributed by atoms with Gasteiger partial charge in [-0.05, 0) is 48.1 Å². The first-order chi connectivity index (χ1) is 14.2. The maximum absolute atomic E-state index is 12.5. The summed E-state index contributed by atoms with van der Waals surface area (Å²) in [6.07, 6.45) is 3.90. The molecule has 1 atom stereocenters. The Morgan fingerprint density at radius 1 is 1.07 bits per heavy atom. The lowest BCUT2D eigenvalue weighted by atomic mass is 10.1. The van der Waals surface area contributed by atoms with Gasteiger partial charge in [0.1, 0.15) is 0 Å². The number of carbonyl (C=O) groups is 2. The summed E-state index contributed by atoms with van der Waals surface area (Å²) in [5.41, 5.74) is 4.80. The predicted molar refractivity (Wildman–Crippen MR) is 114 cm³/mol. The summed E-state index contributed by atoms with van der Waals surface area (Å²) in [4.78, 5) is 26.7. The van der Waals surface area contributed by atoms with Gasteiger partial charge in [-0.25, -0.2) is 4.79 Å². The van der Waals surface area contributed by atoms with Gasteiger partial charge in [0, 0.05) is 44.3 Å². The number of anilines is 1. The lowest BCUT2D eigenvalue weighted by molar-refractivity contribution is -0.121. The first kappa shape index (κ1) is 19.5. The summed E-state index contributed by atoms with van der Waals surface area (Å²) in [6, 6.07) is 15.8. The lowest BCUT2D eigenvalue weighted by Crippen LogP contribution is -2.54. The molecule has 6 heteroatoms. The number of fused-ring (bicyclic) bond motifs is 1. The number of rotatable bonds is 5. The number of nitrogens with zero attached hydrogens (tertiary/aromatic N) is 1. The van der Waals surface area contributed by atoms with E-state index < -0.39 is 0 Å². The smallest absolute Gasteiger partial charge is 0.321 e. The van der Waals surface area contributed by atoms with E-state index in [0.717, 1.165) is 17.7 Å². The molecule has 1 unspecified atom stereocenters. The van der Waals surface area contributed by atoms with E-state index in [2.05, 4.69) is 34.1 Å². The SMILES string of the molecule is O=C(CC1CN(C(=O)Nc2ccccc2)CCN1)NCc1ccc2c(c1)CCC2. The number of hydrogen-bond donors (Lipinski definition) is 3. The summed E-state index contributed by atoms with van der Waals surface area (Å²) < 4.78 is 0. The molecule has 2 aliphatic rings. The molecule has 1 saturated heterocycles. The molecule has 4 rings (SSSR count). The van der Waals surface area contributed by atoms with Crippen LogP contribution in [0.1, 0.15) is 29.5 Å². The summed E-state index contributed by atoms with van der Waals surface area (Å²) in [7, 11) is 0. The zero-order valence-corrected chi connectivity index (χ0v) is 16.6. The number of amides is 3. The van der Waals surface area contributed by atoms with Gasteiger partial charge in [0.15, 0.2) is 0 Å². The lowest BCUT2D eigenvalue weighted by Gasteiger charge is -2.33. The highest BCUT2D eigenvalue weighted by Crippen LogP contribution is 2.22. The van der Waals surface area contributed by atoms with Crippen molar-refractivity contribution < 1.29 is 9.59 Å². The normalized spacial score (nSPS) is 18.2. The largest absolute Gasteiger partial charge is 0.352 e. The first-order valence-corrected chi connectivity index (χ1v) is 10.4. The van der Waals surface area contributed by atoms with Crippen molar-refractivity contribution >= 4 is 17.6 Å². The van der Waals surface area contributed by atoms with Gasteiger partial charge in [0.2, 0.25) is 5.91 Å². The Morgan fingerprint density at radius 2 is 1.90 bits per heavy atom. The summed E-state index contributed by atoms with van der Waals surface area (Å²) in [6.45, 7) is 2.39. The highest BCUT2D eigenvalue weighted by molar-refractivity contribution is 5.89. The van der Waals surface area contributed by atoms with Crippen LogP contribution in [0.15, 0.2) is 48.5 Å². The van der Waals surface area contributed by atoms with Crippen LogP contribution >= 0.6 is 0 Å². The van der Waals surface area contributed by atoms with Crippen LogP contribution in [0, 0.1) is 0 Å². The molecular weight excluding hydrogens is 364 g/mol. The quantitative estimate of drug-likeness (QED) is 0.733. The fourth-order valence-electron chi connectivity index (χ4n) is 4.10. The van der Waals surface area contributed by atoms with Crippen LogP contribution in [0.5, 0.6) is 0 Å². The van der Waals surface area contributed by atoms with Gasteiger partial charge in [-0.1, -0.05) is 36.4 Å². The van der Waals surface area contributed by atoms with E-state index >= 15 is 0 Å². The molecule has 0 bridgehead atoms. The molecule has 0 spiro atoms. The molecular formula is C23H28N4O2. The predicted octanol–water partition coefficient (Wildman–Crippen LogP) is 2.69. The molecule has 1 heterocycles. The maximum Gasteiger partial charge on any atom is 0.321 e. The fraction of sp³-hybridized carbons (Fsp3) is 0.391. The van der Waals surface area contributed by atoms with Crippen LogP contribution in [0.4, 0.5) is 10.5 Å². The van der Waals surface area contributed by atoms with Crippen molar-refractivity contribution in [2.75, 3.05) is 25.0 Å². The van der Waals surface area contributed by atoms with E-state index in [1.807, 2.05) is 30.3 Å². The maximum atomic E-state index is 12.5. The second kappa shape index (κ2) is 9.09. The summed E-state index contributed by atoms with van der Waals surface area (Å²) in [5.74, 6) is 0.00770. The van der Waals surface area contributed by atoms with Gasteiger partial charge >= 0.3 is 6.03 Å². The van der Waals surface area contributed by atoms with E-state index in [1.54, 1.807) is 4.90 Å². The van der Waals surface area contributed by atoms with Crippen LogP contribution in [0.3, 0.4) is 0 Å². The van der Waals surface area contributed by atoms with Gasteiger partial charge in [0.05, 0.1) is 0 Å². The van der Waals surface area contributed by atoms with Crippen LogP contribution < -0.4 is 16.0 Å². The minimum Gasteiger partial charge on any atom is -0.352 e. The highest BCUT2D eigenvalue weighted by Gasteiger charge is 2.25. The number of hydrogen-bond acceptors (Lipinski definition) is 3. The van der Waals surface area contributed by atoms with Crippen molar-refractivity contribution in [3.8, 4) is 0 Å². The summed E-state index contributed by atoms with van der Waals surface area (Å²) >= 11 is 0. The minimum atomic E-state index is -0.124. The molecule has 1 aliphatic heterocycles. The highest BCUT2D eigenvalue weighted by atomic mass is 16.2. The topological polar surface area (TPSA) is 73.5 Å². The standard InChI is InChI=1S/C23H28N4O2/c28-22(25-15-17-9-10-18-5-4-6-19(18)13-17)14-21-16-27(12-11-24-21)23(29)26-20-7-2-1-3-8-20/h1-3,7-10,13,21,24H,4-6,11-12,14-16H2,(H,25,28)(H,26,29). The van der Waals surface area contributed by atoms with E-state index in [4.69, 9.17) is 0 Å². The zero-order chi connectivity index (χ0) is 20.1. The van der Waals surface area contributed by atoms with E-state index in [1.165, 1.54) is 24.0 Å². The van der Waals surface area contributed by atoms with Crippen molar-refractivity contribution in [2.24, 2.45) is 0 Å². The average Bonchev–Trinajstić information content (AvgIpc) is 3.21. The third-order valence-corrected chi connectivity index (χ3v) is 5.65. The number of benzene rings is 2. The number of carbonyl (C=O) groups excluding carboxylic acids is 2. The van der Waals surface area contributed by atoms with Crippen LogP contribution in [-0.4, -0.2) is 42.5 Å². The Hall–Kier alpha value is -2.86. The number of nitrogens with one attached hydrogen (secondary N) is 3. The molecule has 29 heavy (non-hydrogen) atoms. The minimum absolute atomic E-state index is 0.00770. The number of piperazine rings is 1. The Kier molecular flexibility index (Phi) is 6.10. The zero-order valence-electron chi connectivity index (χ0n) is 16.6. The Bertz CT molecular complexity index is 868. The van der Waals surface area contributed by atoms with E-state index in [-0.39, 0.29) is 18.0 Å². The molecule has 3 N–H and O–H groups in total. The Morgan fingerprint density at radius 3 is 2.76 bits per heavy atom. The van der Waals surface area contributed by atoms with Gasteiger partial charge < -0.3 is 20.9 Å². The molecule has 0 saturated carbocycles. The molecule has 1 fully saturated rings. The van der Waals surface area contributed by atoms with Crippen LogP contribution in [0.25, 0.3) is 0 Å². The molecule has 1 aliphatic carbocycles. The molecule has 3 amide bonds. The van der Waals surface area contributed by atoms with Crippen molar-refractivity contribution in [3.63, 3.8) is 0 Å². The summed E-state index contributed by atoms with van der Waals surface area (Å²) in [5, 5.41) is 9.28. The fourth-order valence-corrected chi connectivity index (χ4v) is 4.10. The molecule has 2 aromatic rings. The van der Waals surface area contributed by atoms with Crippen molar-refractivity contribution in [1.82, 2.24) is 15.5 Å². The molecule has 0 radical (unpaired) electrons. The number of para-hydroxylation sites is 1. The molecule has 2 aromatic carbocycles. The Labute approximate surface area is 171 Å². The van der Waals surface area contributed by atoms with E-state index in [9.17, 15) is 9.59 Å². The van der Waals surface area contributed by atoms with Crippen molar-refractivity contribution in [1.29, 1.82) is 0 Å². The average molecular weight is 393 g/mol. The van der Waals surface area contributed by atoms with Crippen molar-refractivity contribution in [2.45, 2.75) is 38.3 Å². The second-order valence-corrected chi connectivity index (χ2v) is 7.83. The molecule has 152 valence electrons. The van der Waals surface area contributed by atoms with Crippen LogP contribution in [-0.2, 0) is 24.2 Å².